The summed E-state index contributed by atoms with van der Waals surface area (Å²) < 4.78 is 42.4. The Bertz CT molecular complexity index is 293. The van der Waals surface area contributed by atoms with E-state index >= 15 is 0 Å². The molecule has 8 heteroatoms. The summed E-state index contributed by atoms with van der Waals surface area (Å²) in [6, 6.07) is -2.03. The Kier molecular flexibility index (Phi) is 7.41. The van der Waals surface area contributed by atoms with Crippen LogP contribution in [0.15, 0.2) is 0 Å². The van der Waals surface area contributed by atoms with Gasteiger partial charge in [-0.3, -0.25) is 0 Å². The summed E-state index contributed by atoms with van der Waals surface area (Å²) in [4.78, 5) is 11.4. The van der Waals surface area contributed by atoms with E-state index in [1.54, 1.807) is 50.3 Å². The monoisotopic (exact) mass is 396 g/mol. The van der Waals surface area contributed by atoms with Gasteiger partial charge in [0, 0.05) is 17.0 Å². The van der Waals surface area contributed by atoms with E-state index in [0.29, 0.717) is 0 Å². The number of alkyl carbamates (subject to hydrolysis) is 1. The van der Waals surface area contributed by atoms with Crippen molar-refractivity contribution < 1.29 is 22.7 Å². The number of alkyl halides is 4. The van der Waals surface area contributed by atoms with Crippen LogP contribution in [0.4, 0.5) is 18.0 Å². The minimum Gasteiger partial charge on any atom is -0.444 e. The minimum absolute atomic E-state index is 0.0203. The Labute approximate surface area is 125 Å². The molecule has 0 radical (unpaired) electrons. The summed E-state index contributed by atoms with van der Waals surface area (Å²) >= 11 is 1.67. The quantitative estimate of drug-likeness (QED) is 0.555. The Balaban J connectivity index is 4.12. The van der Waals surface area contributed by atoms with Crippen molar-refractivity contribution in [2.75, 3.05) is 11.0 Å². The maximum Gasteiger partial charge on any atom is 0.407 e. The normalized spacial score (nSPS) is 15.8. The fraction of sp³-hybridized carbons (Fsp3) is 0.909. The largest absolute Gasteiger partial charge is 0.444 e. The molecule has 0 aromatic carbocycles. The number of carbonyl (C=O) groups is 1. The van der Waals surface area contributed by atoms with Crippen molar-refractivity contribution in [2.24, 2.45) is 0 Å². The summed E-state index contributed by atoms with van der Waals surface area (Å²) in [6.07, 6.45) is -4.92. The van der Waals surface area contributed by atoms with Crippen LogP contribution in [-0.2, 0) is 4.74 Å². The van der Waals surface area contributed by atoms with Crippen LogP contribution >= 0.6 is 22.6 Å². The molecule has 0 aliphatic rings. The first-order chi connectivity index (χ1) is 8.45. The fourth-order valence-corrected chi connectivity index (χ4v) is 1.95. The Morgan fingerprint density at radius 2 is 1.84 bits per heavy atom. The molecule has 0 rings (SSSR count). The zero-order valence-electron chi connectivity index (χ0n) is 11.4. The van der Waals surface area contributed by atoms with Crippen LogP contribution in [0.5, 0.6) is 0 Å². The van der Waals surface area contributed by atoms with Crippen molar-refractivity contribution in [3.05, 3.63) is 0 Å². The molecule has 2 N–H and O–H groups in total. The molecule has 0 aliphatic heterocycles. The zero-order chi connectivity index (χ0) is 15.3. The standard InChI is InChI=1S/C11H20F3IN2O2/c1-7(17-9(18)19-10(2,3)4)6-16-8(5-15)11(12,13)14/h7-8,16H,5-6H2,1-4H3,(H,17,18)/t7-,8?/m0/s1. The first-order valence-corrected chi connectivity index (χ1v) is 7.34. The highest BCUT2D eigenvalue weighted by atomic mass is 127. The zero-order valence-corrected chi connectivity index (χ0v) is 13.6. The number of hydrogen-bond donors (Lipinski definition) is 2. The fourth-order valence-electron chi connectivity index (χ4n) is 1.14. The van der Waals surface area contributed by atoms with Gasteiger partial charge in [0.05, 0.1) is 0 Å². The molecular weight excluding hydrogens is 376 g/mol. The second-order valence-corrected chi connectivity index (χ2v) is 6.08. The summed E-state index contributed by atoms with van der Waals surface area (Å²) in [5, 5.41) is 4.85. The van der Waals surface area contributed by atoms with E-state index in [1.807, 2.05) is 0 Å². The van der Waals surface area contributed by atoms with Crippen LogP contribution in [0.2, 0.25) is 0 Å². The van der Waals surface area contributed by atoms with E-state index in [1.165, 1.54) is 0 Å². The van der Waals surface area contributed by atoms with E-state index in [9.17, 15) is 18.0 Å². The smallest absolute Gasteiger partial charge is 0.407 e. The molecule has 0 heterocycles. The molecule has 0 aromatic heterocycles. The van der Waals surface area contributed by atoms with Crippen LogP contribution in [0, 0.1) is 0 Å². The number of nitrogens with one attached hydrogen (secondary N) is 2. The van der Waals surface area contributed by atoms with Crippen molar-refractivity contribution in [1.29, 1.82) is 0 Å². The second-order valence-electron chi connectivity index (χ2n) is 5.20. The second kappa shape index (κ2) is 7.51. The third-order valence-electron chi connectivity index (χ3n) is 1.98. The highest BCUT2D eigenvalue weighted by Gasteiger charge is 2.38. The summed E-state index contributed by atoms with van der Waals surface area (Å²) in [5.74, 6) is 0. The van der Waals surface area contributed by atoms with Gasteiger partial charge in [-0.1, -0.05) is 22.6 Å². The molecule has 0 aromatic rings. The first-order valence-electron chi connectivity index (χ1n) is 5.81. The number of rotatable bonds is 5. The number of halogens is 4. The Morgan fingerprint density at radius 1 is 1.32 bits per heavy atom. The number of hydrogen-bond acceptors (Lipinski definition) is 3. The van der Waals surface area contributed by atoms with Gasteiger partial charge >= 0.3 is 12.3 Å². The van der Waals surface area contributed by atoms with Gasteiger partial charge in [0.25, 0.3) is 0 Å². The molecule has 0 saturated carbocycles. The van der Waals surface area contributed by atoms with Crippen LogP contribution in [0.25, 0.3) is 0 Å². The lowest BCUT2D eigenvalue weighted by Gasteiger charge is -2.24. The Morgan fingerprint density at radius 3 is 2.21 bits per heavy atom. The van der Waals surface area contributed by atoms with Gasteiger partial charge < -0.3 is 15.4 Å². The van der Waals surface area contributed by atoms with Crippen LogP contribution < -0.4 is 10.6 Å². The molecule has 2 atom stereocenters. The molecule has 0 aliphatic carbocycles. The van der Waals surface area contributed by atoms with Gasteiger partial charge in [-0.15, -0.1) is 0 Å². The van der Waals surface area contributed by atoms with Crippen molar-refractivity contribution >= 4 is 28.7 Å². The lowest BCUT2D eigenvalue weighted by atomic mass is 10.2. The first kappa shape index (κ1) is 18.8. The average Bonchev–Trinajstić information content (AvgIpc) is 2.12. The number of amides is 1. The lowest BCUT2D eigenvalue weighted by molar-refractivity contribution is -0.149. The van der Waals surface area contributed by atoms with E-state index in [0.717, 1.165) is 0 Å². The molecule has 0 bridgehead atoms. The van der Waals surface area contributed by atoms with Crippen LogP contribution in [0.3, 0.4) is 0 Å². The third-order valence-corrected chi connectivity index (χ3v) is 2.86. The molecular formula is C11H20F3IN2O2. The molecule has 0 saturated heterocycles. The molecule has 0 spiro atoms. The molecule has 1 unspecified atom stereocenters. The van der Waals surface area contributed by atoms with Gasteiger partial charge in [0.1, 0.15) is 11.6 Å². The molecule has 1 amide bonds. The van der Waals surface area contributed by atoms with Crippen LogP contribution in [-0.4, -0.2) is 40.9 Å². The highest BCUT2D eigenvalue weighted by Crippen LogP contribution is 2.21. The average molecular weight is 396 g/mol. The summed E-state index contributed by atoms with van der Waals surface area (Å²) in [7, 11) is 0. The summed E-state index contributed by atoms with van der Waals surface area (Å²) in [6.45, 7) is 6.77. The van der Waals surface area contributed by atoms with Gasteiger partial charge in [-0.05, 0) is 27.7 Å². The highest BCUT2D eigenvalue weighted by molar-refractivity contribution is 14.1. The van der Waals surface area contributed by atoms with Gasteiger partial charge in [-0.2, -0.15) is 13.2 Å². The minimum atomic E-state index is -4.28. The van der Waals surface area contributed by atoms with E-state index in [4.69, 9.17) is 4.74 Å². The topological polar surface area (TPSA) is 50.4 Å². The number of ether oxygens (including phenoxy) is 1. The third kappa shape index (κ3) is 9.31. The SMILES string of the molecule is C[C@@H](CNC(CI)C(F)(F)F)NC(=O)OC(C)(C)C. The molecule has 0 fully saturated rings. The van der Waals surface area contributed by atoms with Crippen LogP contribution in [0.1, 0.15) is 27.7 Å². The lowest BCUT2D eigenvalue weighted by Crippen LogP contribution is -2.49. The predicted molar refractivity (Wildman–Crippen MR) is 75.6 cm³/mol. The molecule has 114 valence electrons. The summed E-state index contributed by atoms with van der Waals surface area (Å²) in [5.41, 5.74) is -0.631. The van der Waals surface area contributed by atoms with Gasteiger partial charge in [0.2, 0.25) is 0 Å². The maximum absolute atomic E-state index is 12.5. The van der Waals surface area contributed by atoms with Crippen molar-refractivity contribution in [2.45, 2.75) is 51.6 Å². The van der Waals surface area contributed by atoms with E-state index in [-0.39, 0.29) is 11.0 Å². The van der Waals surface area contributed by atoms with E-state index in [2.05, 4.69) is 10.6 Å². The van der Waals surface area contributed by atoms with Gasteiger partial charge in [0.15, 0.2) is 0 Å². The van der Waals surface area contributed by atoms with Crippen molar-refractivity contribution in [1.82, 2.24) is 10.6 Å². The van der Waals surface area contributed by atoms with E-state index < -0.39 is 30.0 Å². The van der Waals surface area contributed by atoms with Crippen molar-refractivity contribution in [3.8, 4) is 0 Å². The van der Waals surface area contributed by atoms with Crippen molar-refractivity contribution in [3.63, 3.8) is 0 Å². The predicted octanol–water partition coefficient (Wildman–Crippen LogP) is 2.86. The number of carbonyl (C=O) groups excluding carboxylic acids is 1. The molecule has 19 heavy (non-hydrogen) atoms. The Hall–Kier alpha value is -0.250. The van der Waals surface area contributed by atoms with Gasteiger partial charge in [-0.25, -0.2) is 4.79 Å². The maximum atomic E-state index is 12.5. The molecule has 4 nitrogen and oxygen atoms in total.